The Morgan fingerprint density at radius 1 is 1.23 bits per heavy atom. The standard InChI is InChI=1S/C18H24N2O5S/c1-11(2)20(9-16-19-15(10-25-16)18(21)24-6)26(22,23)17-13(4)7-12(3)8-14(17)5/h7-8,10-11H,9H2,1-6H3. The lowest BCUT2D eigenvalue weighted by Crippen LogP contribution is -2.37. The number of sulfonamides is 1. The number of hydrogen-bond acceptors (Lipinski definition) is 6. The predicted molar refractivity (Wildman–Crippen MR) is 96.4 cm³/mol. The van der Waals surface area contributed by atoms with Crippen molar-refractivity contribution in [3.05, 3.63) is 46.7 Å². The van der Waals surface area contributed by atoms with Gasteiger partial charge in [0.25, 0.3) is 0 Å². The van der Waals surface area contributed by atoms with Crippen LogP contribution in [0.1, 0.15) is 46.9 Å². The lowest BCUT2D eigenvalue weighted by atomic mass is 10.1. The summed E-state index contributed by atoms with van der Waals surface area (Å²) in [6.07, 6.45) is 1.16. The SMILES string of the molecule is COC(=O)c1coc(CN(C(C)C)S(=O)(=O)c2c(C)cc(C)cc2C)n1. The molecule has 1 heterocycles. The van der Waals surface area contributed by atoms with Gasteiger partial charge in [0.1, 0.15) is 6.26 Å². The van der Waals surface area contributed by atoms with Crippen molar-refractivity contribution in [2.75, 3.05) is 7.11 Å². The maximum atomic E-state index is 13.3. The number of hydrogen-bond donors (Lipinski definition) is 0. The van der Waals surface area contributed by atoms with Crippen molar-refractivity contribution in [2.24, 2.45) is 0 Å². The number of aryl methyl sites for hydroxylation is 3. The van der Waals surface area contributed by atoms with E-state index < -0.39 is 16.0 Å². The maximum absolute atomic E-state index is 13.3. The number of oxazole rings is 1. The zero-order valence-corrected chi connectivity index (χ0v) is 16.7. The Morgan fingerprint density at radius 2 is 1.81 bits per heavy atom. The summed E-state index contributed by atoms with van der Waals surface area (Å²) in [6, 6.07) is 3.37. The van der Waals surface area contributed by atoms with Crippen LogP contribution in [0.15, 0.2) is 27.7 Å². The fraction of sp³-hybridized carbons (Fsp3) is 0.444. The molecule has 8 heteroatoms. The van der Waals surface area contributed by atoms with Crippen LogP contribution in [0.25, 0.3) is 0 Å². The Hall–Kier alpha value is -2.19. The maximum Gasteiger partial charge on any atom is 0.360 e. The Labute approximate surface area is 154 Å². The number of methoxy groups -OCH3 is 1. The summed E-state index contributed by atoms with van der Waals surface area (Å²) in [4.78, 5) is 15.8. The summed E-state index contributed by atoms with van der Waals surface area (Å²) in [5.74, 6) is -0.505. The van der Waals surface area contributed by atoms with Gasteiger partial charge in [-0.1, -0.05) is 17.7 Å². The lowest BCUT2D eigenvalue weighted by Gasteiger charge is -2.26. The summed E-state index contributed by atoms with van der Waals surface area (Å²) in [5.41, 5.74) is 2.39. The van der Waals surface area contributed by atoms with E-state index in [0.717, 1.165) is 11.8 Å². The number of carbonyl (C=O) groups excluding carboxylic acids is 1. The smallest absolute Gasteiger partial charge is 0.360 e. The molecule has 0 saturated carbocycles. The fourth-order valence-electron chi connectivity index (χ4n) is 2.95. The Balaban J connectivity index is 2.44. The fourth-order valence-corrected chi connectivity index (χ4v) is 4.95. The van der Waals surface area contributed by atoms with Crippen LogP contribution in [-0.4, -0.2) is 36.8 Å². The molecule has 2 rings (SSSR count). The minimum atomic E-state index is -3.78. The number of carbonyl (C=O) groups is 1. The lowest BCUT2D eigenvalue weighted by molar-refractivity contribution is 0.0594. The van der Waals surface area contributed by atoms with Crippen LogP contribution < -0.4 is 0 Å². The van der Waals surface area contributed by atoms with Crippen molar-refractivity contribution in [1.29, 1.82) is 0 Å². The summed E-state index contributed by atoms with van der Waals surface area (Å²) >= 11 is 0. The molecule has 0 amide bonds. The summed E-state index contributed by atoms with van der Waals surface area (Å²) in [6.45, 7) is 8.97. The van der Waals surface area contributed by atoms with Gasteiger partial charge in [0.05, 0.1) is 18.6 Å². The molecule has 0 atom stereocenters. The third kappa shape index (κ3) is 3.96. The highest BCUT2D eigenvalue weighted by molar-refractivity contribution is 7.89. The molecule has 0 radical (unpaired) electrons. The van der Waals surface area contributed by atoms with Gasteiger partial charge in [0.15, 0.2) is 5.69 Å². The summed E-state index contributed by atoms with van der Waals surface area (Å²) < 4.78 is 37.7. The summed E-state index contributed by atoms with van der Waals surface area (Å²) in [5, 5.41) is 0. The number of ether oxygens (including phenoxy) is 1. The average Bonchev–Trinajstić information content (AvgIpc) is 2.98. The molecule has 0 N–H and O–H groups in total. The van der Waals surface area contributed by atoms with Crippen molar-refractivity contribution in [2.45, 2.75) is 52.1 Å². The van der Waals surface area contributed by atoms with Gasteiger partial charge < -0.3 is 9.15 Å². The van der Waals surface area contributed by atoms with Gasteiger partial charge in [-0.15, -0.1) is 0 Å². The van der Waals surface area contributed by atoms with Crippen molar-refractivity contribution < 1.29 is 22.4 Å². The molecule has 142 valence electrons. The second-order valence-corrected chi connectivity index (χ2v) is 8.32. The Kier molecular flexibility index (Phi) is 5.87. The van der Waals surface area contributed by atoms with Crippen LogP contribution in [-0.2, 0) is 21.3 Å². The third-order valence-corrected chi connectivity index (χ3v) is 6.31. The molecule has 0 bridgehead atoms. The molecule has 0 aliphatic rings. The zero-order chi connectivity index (χ0) is 19.6. The number of aromatic nitrogens is 1. The minimum Gasteiger partial charge on any atom is -0.464 e. The van der Waals surface area contributed by atoms with Crippen molar-refractivity contribution in [3.63, 3.8) is 0 Å². The van der Waals surface area contributed by atoms with Gasteiger partial charge >= 0.3 is 5.97 Å². The zero-order valence-electron chi connectivity index (χ0n) is 15.9. The van der Waals surface area contributed by atoms with E-state index in [0.29, 0.717) is 11.1 Å². The van der Waals surface area contributed by atoms with Crippen LogP contribution in [0.2, 0.25) is 0 Å². The third-order valence-electron chi connectivity index (χ3n) is 3.98. The van der Waals surface area contributed by atoms with Crippen LogP contribution in [0, 0.1) is 20.8 Å². The number of nitrogens with zero attached hydrogens (tertiary/aromatic N) is 2. The molecular weight excluding hydrogens is 356 g/mol. The topological polar surface area (TPSA) is 89.7 Å². The van der Waals surface area contributed by atoms with Gasteiger partial charge in [-0.05, 0) is 45.7 Å². The minimum absolute atomic E-state index is 0.00583. The van der Waals surface area contributed by atoms with E-state index >= 15 is 0 Å². The van der Waals surface area contributed by atoms with Crippen molar-refractivity contribution in [3.8, 4) is 0 Å². The summed E-state index contributed by atoms with van der Waals surface area (Å²) in [7, 11) is -2.54. The first-order valence-corrected chi connectivity index (χ1v) is 9.64. The molecule has 2 aromatic rings. The van der Waals surface area contributed by atoms with Gasteiger partial charge in [-0.25, -0.2) is 18.2 Å². The Bertz CT molecular complexity index is 892. The average molecular weight is 380 g/mol. The van der Waals surface area contributed by atoms with Crippen molar-refractivity contribution in [1.82, 2.24) is 9.29 Å². The first-order valence-electron chi connectivity index (χ1n) is 8.20. The van der Waals surface area contributed by atoms with E-state index in [1.54, 1.807) is 27.7 Å². The van der Waals surface area contributed by atoms with Gasteiger partial charge in [-0.3, -0.25) is 0 Å². The van der Waals surface area contributed by atoms with Crippen LogP contribution in [0.4, 0.5) is 0 Å². The van der Waals surface area contributed by atoms with E-state index in [1.165, 1.54) is 11.4 Å². The first kappa shape index (κ1) is 20.1. The number of rotatable bonds is 6. The van der Waals surface area contributed by atoms with E-state index in [4.69, 9.17) is 4.42 Å². The molecule has 0 fully saturated rings. The molecule has 0 aliphatic heterocycles. The van der Waals surface area contributed by atoms with Crippen LogP contribution in [0.3, 0.4) is 0 Å². The molecule has 0 saturated heterocycles. The molecule has 1 aromatic heterocycles. The second-order valence-electron chi connectivity index (χ2n) is 6.49. The molecule has 1 aromatic carbocycles. The van der Waals surface area contributed by atoms with E-state index in [1.807, 2.05) is 19.1 Å². The van der Waals surface area contributed by atoms with Crippen LogP contribution >= 0.6 is 0 Å². The highest BCUT2D eigenvalue weighted by Crippen LogP contribution is 2.27. The Morgan fingerprint density at radius 3 is 2.31 bits per heavy atom. The predicted octanol–water partition coefficient (Wildman–Crippen LogP) is 2.99. The van der Waals surface area contributed by atoms with Crippen molar-refractivity contribution >= 4 is 16.0 Å². The quantitative estimate of drug-likeness (QED) is 0.716. The van der Waals surface area contributed by atoms with E-state index in [-0.39, 0.29) is 29.1 Å². The number of benzene rings is 1. The highest BCUT2D eigenvalue weighted by atomic mass is 32.2. The van der Waals surface area contributed by atoms with Crippen LogP contribution in [0.5, 0.6) is 0 Å². The number of esters is 1. The van der Waals surface area contributed by atoms with Gasteiger partial charge in [0, 0.05) is 6.04 Å². The molecule has 0 spiro atoms. The van der Waals surface area contributed by atoms with E-state index in [2.05, 4.69) is 9.72 Å². The molecule has 7 nitrogen and oxygen atoms in total. The van der Waals surface area contributed by atoms with E-state index in [9.17, 15) is 13.2 Å². The van der Waals surface area contributed by atoms with Gasteiger partial charge in [0.2, 0.25) is 15.9 Å². The van der Waals surface area contributed by atoms with Gasteiger partial charge in [-0.2, -0.15) is 4.31 Å². The highest BCUT2D eigenvalue weighted by Gasteiger charge is 2.31. The monoisotopic (exact) mass is 380 g/mol. The molecular formula is C18H24N2O5S. The molecule has 0 aliphatic carbocycles. The normalized spacial score (nSPS) is 12.0. The second kappa shape index (κ2) is 7.59. The molecule has 0 unspecified atom stereocenters. The first-order chi connectivity index (χ1) is 12.1. The largest absolute Gasteiger partial charge is 0.464 e. The molecule has 26 heavy (non-hydrogen) atoms.